The second-order valence-corrected chi connectivity index (χ2v) is 8.13. The summed E-state index contributed by atoms with van der Waals surface area (Å²) in [6.07, 6.45) is 4.46. The normalized spacial score (nSPS) is 28.2. The number of urea groups is 1. The van der Waals surface area contributed by atoms with Gasteiger partial charge >= 0.3 is 6.03 Å². The predicted molar refractivity (Wildman–Crippen MR) is 82.4 cm³/mol. The lowest BCUT2D eigenvalue weighted by Gasteiger charge is -2.44. The van der Waals surface area contributed by atoms with Crippen molar-refractivity contribution in [3.63, 3.8) is 0 Å². The van der Waals surface area contributed by atoms with E-state index in [1.54, 1.807) is 6.92 Å². The number of hydrogen-bond acceptors (Lipinski definition) is 3. The molecule has 1 aliphatic carbocycles. The first kappa shape index (κ1) is 16.6. The fourth-order valence-electron chi connectivity index (χ4n) is 3.08. The molecule has 118 valence electrons. The third-order valence-corrected chi connectivity index (χ3v) is 6.26. The highest BCUT2D eigenvalue weighted by atomic mass is 32.2. The van der Waals surface area contributed by atoms with Crippen LogP contribution in [0.25, 0.3) is 0 Å². The Balaban J connectivity index is 2.08. The van der Waals surface area contributed by atoms with Gasteiger partial charge in [0.2, 0.25) is 10.0 Å². The molecule has 0 N–H and O–H groups in total. The molecule has 1 saturated carbocycles. The van der Waals surface area contributed by atoms with E-state index in [0.29, 0.717) is 13.1 Å². The summed E-state index contributed by atoms with van der Waals surface area (Å²) in [7, 11) is 3.96. The molecule has 0 aromatic rings. The maximum Gasteiger partial charge on any atom is 0.335 e. The van der Waals surface area contributed by atoms with E-state index in [-0.39, 0.29) is 23.6 Å². The maximum atomic E-state index is 12.6. The molecule has 0 aromatic carbocycles. The van der Waals surface area contributed by atoms with Crippen LogP contribution in [0.5, 0.6) is 0 Å². The van der Waals surface area contributed by atoms with Crippen LogP contribution in [0.2, 0.25) is 5.82 Å². The number of carbonyl (C=O) groups excluding carboxylic acids is 1. The molecular weight excluding hydrogens is 289 g/mol. The van der Waals surface area contributed by atoms with Crippen LogP contribution in [0.4, 0.5) is 4.79 Å². The van der Waals surface area contributed by atoms with E-state index in [1.165, 1.54) is 12.1 Å². The molecule has 0 spiro atoms. The van der Waals surface area contributed by atoms with Gasteiger partial charge in [0.25, 0.3) is 0 Å². The molecule has 0 aromatic heterocycles. The number of amides is 2. The minimum Gasteiger partial charge on any atom is -0.320 e. The van der Waals surface area contributed by atoms with Crippen molar-refractivity contribution in [2.24, 2.45) is 0 Å². The van der Waals surface area contributed by atoms with E-state index in [4.69, 9.17) is 7.85 Å². The fourth-order valence-corrected chi connectivity index (χ4v) is 3.91. The van der Waals surface area contributed by atoms with Gasteiger partial charge < -0.3 is 4.90 Å². The number of carbonyl (C=O) groups is 1. The zero-order valence-electron chi connectivity index (χ0n) is 12.9. The molecule has 0 bridgehead atoms. The predicted octanol–water partition coefficient (Wildman–Crippen LogP) is 1.21. The summed E-state index contributed by atoms with van der Waals surface area (Å²) in [4.78, 5) is 14.5. The second kappa shape index (κ2) is 6.56. The van der Waals surface area contributed by atoms with Crippen LogP contribution >= 0.6 is 0 Å². The van der Waals surface area contributed by atoms with Crippen LogP contribution in [0, 0.1) is 0 Å². The van der Waals surface area contributed by atoms with Crippen molar-refractivity contribution in [1.82, 2.24) is 14.3 Å². The number of hydrogen-bond donors (Lipinski definition) is 0. The Labute approximate surface area is 128 Å². The molecule has 2 fully saturated rings. The van der Waals surface area contributed by atoms with E-state index < -0.39 is 10.0 Å². The second-order valence-electron chi connectivity index (χ2n) is 5.86. The summed E-state index contributed by atoms with van der Waals surface area (Å²) in [5.74, 6) is 0.228. The zero-order chi connectivity index (χ0) is 15.6. The molecule has 0 unspecified atom stereocenters. The van der Waals surface area contributed by atoms with Crippen LogP contribution in [-0.2, 0) is 10.0 Å². The number of hydrazine groups is 1. The molecule has 1 heterocycles. The SMILES string of the molecule is [B]C1CCC(N2CCCN(N(C)S(=O)(=O)CC)C2=O)CC1. The average Bonchev–Trinajstić information content (AvgIpc) is 2.48. The lowest BCUT2D eigenvalue weighted by atomic mass is 9.73. The first-order chi connectivity index (χ1) is 9.86. The Bertz CT molecular complexity index is 477. The van der Waals surface area contributed by atoms with Crippen LogP contribution < -0.4 is 0 Å². The molecule has 1 aliphatic heterocycles. The lowest BCUT2D eigenvalue weighted by Crippen LogP contribution is -2.59. The molecule has 2 amide bonds. The summed E-state index contributed by atoms with van der Waals surface area (Å²) < 4.78 is 25.0. The fraction of sp³-hybridized carbons (Fsp3) is 0.923. The maximum absolute atomic E-state index is 12.6. The molecule has 8 heteroatoms. The zero-order valence-corrected chi connectivity index (χ0v) is 13.7. The topological polar surface area (TPSA) is 60.9 Å². The number of rotatable bonds is 4. The molecular formula is C13H24BN3O3S. The Hall–Kier alpha value is -0.755. The van der Waals surface area contributed by atoms with Crippen molar-refractivity contribution in [2.75, 3.05) is 25.9 Å². The first-order valence-corrected chi connectivity index (χ1v) is 9.28. The number of sulfonamides is 1. The highest BCUT2D eigenvalue weighted by Crippen LogP contribution is 2.31. The van der Waals surface area contributed by atoms with Gasteiger partial charge in [-0.25, -0.2) is 18.2 Å². The molecule has 21 heavy (non-hydrogen) atoms. The van der Waals surface area contributed by atoms with Crippen LogP contribution in [0.1, 0.15) is 39.0 Å². The molecule has 0 atom stereocenters. The van der Waals surface area contributed by atoms with Gasteiger partial charge in [0.1, 0.15) is 0 Å². The smallest absolute Gasteiger partial charge is 0.320 e. The Morgan fingerprint density at radius 2 is 1.86 bits per heavy atom. The minimum absolute atomic E-state index is 0.00837. The standard InChI is InChI=1S/C13H24BN3O3S/c1-3-21(19,20)15(2)17-10-4-9-16(13(17)18)12-7-5-11(14)6-8-12/h11-12H,3-10H2,1-2H3. The van der Waals surface area contributed by atoms with Gasteiger partial charge in [-0.3, -0.25) is 0 Å². The summed E-state index contributed by atoms with van der Waals surface area (Å²) >= 11 is 0. The molecule has 6 nitrogen and oxygen atoms in total. The molecule has 2 radical (unpaired) electrons. The third kappa shape index (κ3) is 3.53. The van der Waals surface area contributed by atoms with Crippen molar-refractivity contribution < 1.29 is 13.2 Å². The van der Waals surface area contributed by atoms with E-state index >= 15 is 0 Å². The quantitative estimate of drug-likeness (QED) is 0.733. The van der Waals surface area contributed by atoms with Gasteiger partial charge in [0.15, 0.2) is 0 Å². The summed E-state index contributed by atoms with van der Waals surface area (Å²) in [6.45, 7) is 2.74. The minimum atomic E-state index is -3.40. The monoisotopic (exact) mass is 313 g/mol. The van der Waals surface area contributed by atoms with Gasteiger partial charge in [-0.2, -0.15) is 0 Å². The van der Waals surface area contributed by atoms with E-state index in [2.05, 4.69) is 0 Å². The Kier molecular flexibility index (Phi) is 5.19. The largest absolute Gasteiger partial charge is 0.335 e. The van der Waals surface area contributed by atoms with Gasteiger partial charge in [-0.05, 0) is 26.2 Å². The van der Waals surface area contributed by atoms with E-state index in [1.807, 2.05) is 4.90 Å². The van der Waals surface area contributed by atoms with Crippen molar-refractivity contribution in [3.8, 4) is 0 Å². The molecule has 1 saturated heterocycles. The van der Waals surface area contributed by atoms with Gasteiger partial charge in [0.05, 0.1) is 13.6 Å². The Morgan fingerprint density at radius 3 is 2.43 bits per heavy atom. The summed E-state index contributed by atoms with van der Waals surface area (Å²) in [5.41, 5.74) is 0. The lowest BCUT2D eigenvalue weighted by molar-refractivity contribution is 0.0364. The highest BCUT2D eigenvalue weighted by Gasteiger charge is 2.37. The molecule has 2 aliphatic rings. The summed E-state index contributed by atoms with van der Waals surface area (Å²) in [6, 6.07) is -0.000855. The van der Waals surface area contributed by atoms with E-state index in [0.717, 1.165) is 36.5 Å². The summed E-state index contributed by atoms with van der Waals surface area (Å²) in [5, 5.41) is 1.36. The van der Waals surface area contributed by atoms with Crippen molar-refractivity contribution in [2.45, 2.75) is 50.9 Å². The number of nitrogens with zero attached hydrogens (tertiary/aromatic N) is 3. The highest BCUT2D eigenvalue weighted by molar-refractivity contribution is 7.88. The van der Waals surface area contributed by atoms with Crippen molar-refractivity contribution in [3.05, 3.63) is 0 Å². The first-order valence-electron chi connectivity index (χ1n) is 7.67. The average molecular weight is 313 g/mol. The van der Waals surface area contributed by atoms with Gasteiger partial charge in [-0.15, -0.1) is 4.41 Å². The van der Waals surface area contributed by atoms with Gasteiger partial charge in [0, 0.05) is 26.2 Å². The van der Waals surface area contributed by atoms with Gasteiger partial charge in [-0.1, -0.05) is 18.7 Å². The van der Waals surface area contributed by atoms with Crippen LogP contribution in [0.3, 0.4) is 0 Å². The molecule has 2 rings (SSSR count). The van der Waals surface area contributed by atoms with Crippen LogP contribution in [0.15, 0.2) is 0 Å². The Morgan fingerprint density at radius 1 is 1.24 bits per heavy atom. The van der Waals surface area contributed by atoms with Crippen molar-refractivity contribution >= 4 is 23.9 Å². The third-order valence-electron chi connectivity index (χ3n) is 4.52. The van der Waals surface area contributed by atoms with Crippen LogP contribution in [-0.4, -0.2) is 68.6 Å². The van der Waals surface area contributed by atoms with E-state index in [9.17, 15) is 13.2 Å². The van der Waals surface area contributed by atoms with Crippen molar-refractivity contribution in [1.29, 1.82) is 0 Å².